The molecule has 0 heterocycles. The highest BCUT2D eigenvalue weighted by Gasteiger charge is 2.48. The van der Waals surface area contributed by atoms with Gasteiger partial charge in [0.2, 0.25) is 11.7 Å². The second kappa shape index (κ2) is 14.5. The Hall–Kier alpha value is -3.91. The van der Waals surface area contributed by atoms with Crippen LogP contribution < -0.4 is 10.1 Å². The Labute approximate surface area is 252 Å². The standard InChI is InChI=1S/C30H30F9NO5/c1-15(2)21(26(43)30(37,38)39)14-23(42)25(17-8-10-20(45-4)11-9-17)40-27(44)16(3)12-22(41)24(29(34,35)36)18-6-5-7-19(13-18)28(31,32)33/h5-11,13,15-16,21,24-25H,12,14H2,1-4H3,(H,40,44)/t16-,21+,24?,25+/m1/s1. The van der Waals surface area contributed by atoms with E-state index in [2.05, 4.69) is 5.32 Å². The van der Waals surface area contributed by atoms with E-state index in [9.17, 15) is 58.7 Å². The zero-order valence-electron chi connectivity index (χ0n) is 24.4. The van der Waals surface area contributed by atoms with Gasteiger partial charge in [0.15, 0.2) is 5.78 Å². The number of amides is 1. The number of carbonyl (C=O) groups excluding carboxylic acids is 4. The quantitative estimate of drug-likeness (QED) is 0.231. The van der Waals surface area contributed by atoms with Crippen molar-refractivity contribution in [3.63, 3.8) is 0 Å². The Morgan fingerprint density at radius 1 is 0.778 bits per heavy atom. The van der Waals surface area contributed by atoms with Crippen LogP contribution in [0, 0.1) is 17.8 Å². The molecule has 0 bridgehead atoms. The van der Waals surface area contributed by atoms with Crippen molar-refractivity contribution in [2.24, 2.45) is 17.8 Å². The van der Waals surface area contributed by atoms with Crippen molar-refractivity contribution < 1.29 is 63.4 Å². The Morgan fingerprint density at radius 2 is 1.36 bits per heavy atom. The highest BCUT2D eigenvalue weighted by Crippen LogP contribution is 2.39. The van der Waals surface area contributed by atoms with Gasteiger partial charge >= 0.3 is 18.5 Å². The van der Waals surface area contributed by atoms with Crippen molar-refractivity contribution in [3.8, 4) is 5.75 Å². The number of rotatable bonds is 13. The summed E-state index contributed by atoms with van der Waals surface area (Å²) in [4.78, 5) is 51.2. The molecule has 6 nitrogen and oxygen atoms in total. The second-order valence-electron chi connectivity index (χ2n) is 10.8. The van der Waals surface area contributed by atoms with Gasteiger partial charge in [-0.3, -0.25) is 19.2 Å². The zero-order valence-corrected chi connectivity index (χ0v) is 24.4. The van der Waals surface area contributed by atoms with Crippen LogP contribution in [0.4, 0.5) is 39.5 Å². The molecule has 248 valence electrons. The van der Waals surface area contributed by atoms with E-state index in [4.69, 9.17) is 4.74 Å². The Balaban J connectivity index is 2.37. The fourth-order valence-corrected chi connectivity index (χ4v) is 4.57. The van der Waals surface area contributed by atoms with Gasteiger partial charge in [0.1, 0.15) is 23.5 Å². The van der Waals surface area contributed by atoms with Crippen LogP contribution in [0.15, 0.2) is 48.5 Å². The number of ketones is 3. The van der Waals surface area contributed by atoms with Gasteiger partial charge in [-0.25, -0.2) is 0 Å². The van der Waals surface area contributed by atoms with Crippen molar-refractivity contribution in [1.29, 1.82) is 0 Å². The lowest BCUT2D eigenvalue weighted by Crippen LogP contribution is -2.41. The van der Waals surface area contributed by atoms with E-state index in [-0.39, 0.29) is 11.6 Å². The largest absolute Gasteiger partial charge is 0.497 e. The Bertz CT molecular complexity index is 1370. The number of hydrogen-bond acceptors (Lipinski definition) is 5. The number of ether oxygens (including phenoxy) is 1. The van der Waals surface area contributed by atoms with Gasteiger partial charge in [-0.15, -0.1) is 0 Å². The van der Waals surface area contributed by atoms with Crippen LogP contribution in [-0.4, -0.2) is 42.7 Å². The third-order valence-corrected chi connectivity index (χ3v) is 7.05. The molecule has 1 N–H and O–H groups in total. The summed E-state index contributed by atoms with van der Waals surface area (Å²) in [6.07, 6.45) is -17.6. The van der Waals surface area contributed by atoms with E-state index < -0.39 is 95.5 Å². The number of hydrogen-bond donors (Lipinski definition) is 1. The highest BCUT2D eigenvalue weighted by atomic mass is 19.4. The molecule has 0 aliphatic rings. The molecular formula is C30H30F9NO5. The van der Waals surface area contributed by atoms with Crippen LogP contribution in [0.2, 0.25) is 0 Å². The smallest absolute Gasteiger partial charge is 0.450 e. The van der Waals surface area contributed by atoms with Gasteiger partial charge in [-0.1, -0.05) is 51.1 Å². The van der Waals surface area contributed by atoms with Gasteiger partial charge in [0.25, 0.3) is 0 Å². The number of alkyl halides is 9. The lowest BCUT2D eigenvalue weighted by atomic mass is 9.84. The molecule has 0 aliphatic heterocycles. The van der Waals surface area contributed by atoms with Crippen molar-refractivity contribution in [1.82, 2.24) is 5.32 Å². The maximum Gasteiger partial charge on any atom is 0.450 e. The van der Waals surface area contributed by atoms with Gasteiger partial charge in [-0.2, -0.15) is 39.5 Å². The summed E-state index contributed by atoms with van der Waals surface area (Å²) in [5.41, 5.74) is -2.38. The maximum absolute atomic E-state index is 13.9. The number of halogens is 9. The van der Waals surface area contributed by atoms with Crippen LogP contribution >= 0.6 is 0 Å². The monoisotopic (exact) mass is 655 g/mol. The number of nitrogens with one attached hydrogen (secondary N) is 1. The number of Topliss-reactive ketones (excluding diaryl/α,β-unsaturated/α-hetero) is 3. The molecule has 1 unspecified atom stereocenters. The molecule has 4 atom stereocenters. The van der Waals surface area contributed by atoms with Gasteiger partial charge < -0.3 is 10.1 Å². The molecule has 1 amide bonds. The third kappa shape index (κ3) is 10.0. The zero-order chi connectivity index (χ0) is 34.5. The summed E-state index contributed by atoms with van der Waals surface area (Å²) in [6.45, 7) is 3.61. The van der Waals surface area contributed by atoms with Crippen molar-refractivity contribution in [3.05, 3.63) is 65.2 Å². The third-order valence-electron chi connectivity index (χ3n) is 7.05. The summed E-state index contributed by atoms with van der Waals surface area (Å²) in [5, 5.41) is 2.24. The topological polar surface area (TPSA) is 89.5 Å². The van der Waals surface area contributed by atoms with Gasteiger partial charge in [-0.05, 0) is 35.2 Å². The van der Waals surface area contributed by atoms with Crippen molar-refractivity contribution >= 4 is 23.3 Å². The van der Waals surface area contributed by atoms with E-state index in [0.717, 1.165) is 6.92 Å². The molecule has 0 radical (unpaired) electrons. The van der Waals surface area contributed by atoms with Crippen LogP contribution in [0.5, 0.6) is 5.75 Å². The Morgan fingerprint density at radius 3 is 1.82 bits per heavy atom. The van der Waals surface area contributed by atoms with E-state index in [1.54, 1.807) is 0 Å². The minimum atomic E-state index is -5.32. The SMILES string of the molecule is COc1ccc([C@H](NC(=O)[C@H](C)CC(=O)C(c2cccc(C(F)(F)F)c2)C(F)(F)F)C(=O)C[C@H](C(=O)C(F)(F)F)C(C)C)cc1. The highest BCUT2D eigenvalue weighted by molar-refractivity contribution is 5.96. The summed E-state index contributed by atoms with van der Waals surface area (Å²) >= 11 is 0. The van der Waals surface area contributed by atoms with E-state index in [1.165, 1.54) is 45.2 Å². The minimum Gasteiger partial charge on any atom is -0.497 e. The molecule has 0 aliphatic carbocycles. The van der Waals surface area contributed by atoms with Crippen LogP contribution in [0.1, 0.15) is 62.3 Å². The van der Waals surface area contributed by atoms with E-state index in [0.29, 0.717) is 23.9 Å². The average molecular weight is 656 g/mol. The van der Waals surface area contributed by atoms with E-state index in [1.807, 2.05) is 0 Å². The molecule has 2 rings (SSSR count). The lowest BCUT2D eigenvalue weighted by Gasteiger charge is -2.25. The first-order chi connectivity index (χ1) is 20.6. The molecule has 2 aromatic rings. The minimum absolute atomic E-state index is 0.0341. The molecule has 0 aromatic heterocycles. The summed E-state index contributed by atoms with van der Waals surface area (Å²) < 4.78 is 126. The van der Waals surface area contributed by atoms with Crippen LogP contribution in [0.25, 0.3) is 0 Å². The fraction of sp³-hybridized carbons (Fsp3) is 0.467. The molecule has 45 heavy (non-hydrogen) atoms. The summed E-state index contributed by atoms with van der Waals surface area (Å²) in [6, 6.07) is 5.75. The molecule has 0 saturated heterocycles. The first-order valence-electron chi connectivity index (χ1n) is 13.4. The van der Waals surface area contributed by atoms with Crippen LogP contribution in [-0.2, 0) is 25.4 Å². The molecule has 0 spiro atoms. The molecule has 0 saturated carbocycles. The Kier molecular flexibility index (Phi) is 12.0. The lowest BCUT2D eigenvalue weighted by molar-refractivity contribution is -0.177. The first-order valence-corrected chi connectivity index (χ1v) is 13.4. The number of benzene rings is 2. The summed E-state index contributed by atoms with van der Waals surface area (Å²) in [5.74, 6) is -13.0. The number of methoxy groups -OCH3 is 1. The molecule has 0 fully saturated rings. The average Bonchev–Trinajstić information content (AvgIpc) is 2.92. The summed E-state index contributed by atoms with van der Waals surface area (Å²) in [7, 11) is 1.32. The first kappa shape index (κ1) is 37.3. The van der Waals surface area contributed by atoms with Crippen molar-refractivity contribution in [2.75, 3.05) is 7.11 Å². The normalized spacial score (nSPS) is 15.2. The van der Waals surface area contributed by atoms with Gasteiger partial charge in [0.05, 0.1) is 12.7 Å². The predicted molar refractivity (Wildman–Crippen MR) is 142 cm³/mol. The van der Waals surface area contributed by atoms with Crippen LogP contribution in [0.3, 0.4) is 0 Å². The number of carbonyl (C=O) groups is 4. The molecule has 2 aromatic carbocycles. The molecular weight excluding hydrogens is 625 g/mol. The molecule has 15 heteroatoms. The van der Waals surface area contributed by atoms with Gasteiger partial charge in [0, 0.05) is 24.7 Å². The second-order valence-corrected chi connectivity index (χ2v) is 10.8. The predicted octanol–water partition coefficient (Wildman–Crippen LogP) is 7.18. The van der Waals surface area contributed by atoms with E-state index >= 15 is 0 Å². The van der Waals surface area contributed by atoms with Crippen molar-refractivity contribution in [2.45, 2.75) is 64.1 Å². The maximum atomic E-state index is 13.9. The fourth-order valence-electron chi connectivity index (χ4n) is 4.57.